The Hall–Kier alpha value is -4.00. The number of carbonyl (C=O) groups excluding carboxylic acids is 2. The Balaban J connectivity index is 1.35. The van der Waals surface area contributed by atoms with E-state index in [4.69, 9.17) is 9.47 Å². The average Bonchev–Trinajstić information content (AvgIpc) is 3.63. The van der Waals surface area contributed by atoms with Gasteiger partial charge in [0, 0.05) is 23.0 Å². The van der Waals surface area contributed by atoms with E-state index >= 15 is 0 Å². The van der Waals surface area contributed by atoms with Crippen molar-refractivity contribution in [3.63, 3.8) is 0 Å². The van der Waals surface area contributed by atoms with Gasteiger partial charge in [-0.15, -0.1) is 0 Å². The fraction of sp³-hybridized carbons (Fsp3) is 0.200. The van der Waals surface area contributed by atoms with Crippen molar-refractivity contribution in [2.75, 3.05) is 17.7 Å². The summed E-state index contributed by atoms with van der Waals surface area (Å²) in [6.07, 6.45) is 2.06. The van der Waals surface area contributed by atoms with Crippen molar-refractivity contribution in [1.82, 2.24) is 5.32 Å². The zero-order chi connectivity index (χ0) is 22.3. The zero-order valence-electron chi connectivity index (χ0n) is 17.8. The molecule has 32 heavy (non-hydrogen) atoms. The van der Waals surface area contributed by atoms with Crippen molar-refractivity contribution in [1.29, 1.82) is 0 Å². The number of urea groups is 1. The summed E-state index contributed by atoms with van der Waals surface area (Å²) in [5.74, 6) is 0.771. The predicted molar refractivity (Wildman–Crippen MR) is 123 cm³/mol. The molecule has 1 aliphatic carbocycles. The summed E-state index contributed by atoms with van der Waals surface area (Å²) in [4.78, 5) is 24.5. The number of hydrogen-bond acceptors (Lipinski definition) is 4. The highest BCUT2D eigenvalue weighted by atomic mass is 16.5. The number of rotatable bonds is 8. The van der Waals surface area contributed by atoms with Gasteiger partial charge in [-0.3, -0.25) is 4.79 Å². The first kappa shape index (κ1) is 21.2. The largest absolute Gasteiger partial charge is 0.493 e. The van der Waals surface area contributed by atoms with Gasteiger partial charge in [0.2, 0.25) is 0 Å². The number of nitrogens with one attached hydrogen (secondary N) is 3. The summed E-state index contributed by atoms with van der Waals surface area (Å²) < 4.78 is 11.3. The van der Waals surface area contributed by atoms with Crippen LogP contribution in [0.2, 0.25) is 0 Å². The SMILES string of the molecule is COc1cc(C(=O)Nc2ccc(NC(=O)NC3CC3)cc2)ccc1OCc1ccccc1. The molecule has 4 rings (SSSR count). The van der Waals surface area contributed by atoms with Crippen molar-refractivity contribution in [2.45, 2.75) is 25.5 Å². The normalized spacial score (nSPS) is 12.5. The van der Waals surface area contributed by atoms with Crippen LogP contribution in [0.5, 0.6) is 11.5 Å². The molecule has 3 amide bonds. The molecule has 0 heterocycles. The summed E-state index contributed by atoms with van der Waals surface area (Å²) in [6.45, 7) is 0.405. The number of benzene rings is 3. The van der Waals surface area contributed by atoms with Gasteiger partial charge in [-0.2, -0.15) is 0 Å². The minimum absolute atomic E-state index is 0.217. The third-order valence-corrected chi connectivity index (χ3v) is 4.98. The Kier molecular flexibility index (Phi) is 6.55. The lowest BCUT2D eigenvalue weighted by Gasteiger charge is -2.13. The van der Waals surface area contributed by atoms with Crippen molar-refractivity contribution >= 4 is 23.3 Å². The molecule has 1 aliphatic rings. The highest BCUT2D eigenvalue weighted by Gasteiger charge is 2.23. The number of amides is 3. The fourth-order valence-corrected chi connectivity index (χ4v) is 3.08. The van der Waals surface area contributed by atoms with E-state index < -0.39 is 0 Å². The molecule has 164 valence electrons. The number of ether oxygens (including phenoxy) is 2. The van der Waals surface area contributed by atoms with Crippen LogP contribution in [0, 0.1) is 0 Å². The standard InChI is InChI=1S/C25H25N3O4/c1-31-23-15-18(7-14-22(23)32-16-17-5-3-2-4-6-17)24(29)26-19-8-10-20(11-9-19)27-25(30)28-21-12-13-21/h2-11,14-15,21H,12-13,16H2,1H3,(H,26,29)(H2,27,28,30). The van der Waals surface area contributed by atoms with Crippen LogP contribution >= 0.6 is 0 Å². The van der Waals surface area contributed by atoms with Gasteiger partial charge in [0.1, 0.15) is 6.61 Å². The van der Waals surface area contributed by atoms with E-state index in [-0.39, 0.29) is 11.9 Å². The molecule has 0 saturated heterocycles. The second-order valence-corrected chi connectivity index (χ2v) is 7.54. The van der Waals surface area contributed by atoms with Gasteiger partial charge in [-0.25, -0.2) is 4.79 Å². The van der Waals surface area contributed by atoms with Crippen molar-refractivity contribution in [3.05, 3.63) is 83.9 Å². The van der Waals surface area contributed by atoms with E-state index in [1.807, 2.05) is 30.3 Å². The lowest BCUT2D eigenvalue weighted by Crippen LogP contribution is -2.30. The van der Waals surface area contributed by atoms with Gasteiger partial charge in [0.25, 0.3) is 5.91 Å². The summed E-state index contributed by atoms with van der Waals surface area (Å²) in [7, 11) is 1.54. The third kappa shape index (κ3) is 5.78. The van der Waals surface area contributed by atoms with E-state index in [1.54, 1.807) is 42.5 Å². The van der Waals surface area contributed by atoms with Gasteiger partial charge in [-0.1, -0.05) is 30.3 Å². The molecule has 0 aromatic heterocycles. The van der Waals surface area contributed by atoms with Crippen molar-refractivity contribution in [3.8, 4) is 11.5 Å². The van der Waals surface area contributed by atoms with Crippen molar-refractivity contribution < 1.29 is 19.1 Å². The monoisotopic (exact) mass is 431 g/mol. The van der Waals surface area contributed by atoms with Crippen LogP contribution in [-0.4, -0.2) is 25.1 Å². The summed E-state index contributed by atoms with van der Waals surface area (Å²) >= 11 is 0. The molecule has 0 bridgehead atoms. The topological polar surface area (TPSA) is 88.7 Å². The van der Waals surface area contributed by atoms with E-state index in [9.17, 15) is 9.59 Å². The van der Waals surface area contributed by atoms with Crippen LogP contribution in [0.15, 0.2) is 72.8 Å². The minimum atomic E-state index is -0.273. The average molecular weight is 431 g/mol. The first-order valence-electron chi connectivity index (χ1n) is 10.4. The van der Waals surface area contributed by atoms with Crippen LogP contribution in [0.3, 0.4) is 0 Å². The summed E-state index contributed by atoms with van der Waals surface area (Å²) in [6, 6.07) is 21.9. The van der Waals surface area contributed by atoms with Crippen LogP contribution in [0.1, 0.15) is 28.8 Å². The third-order valence-electron chi connectivity index (χ3n) is 4.98. The molecule has 1 fully saturated rings. The Labute approximate surface area is 186 Å². The Morgan fingerprint density at radius 1 is 0.875 bits per heavy atom. The second kappa shape index (κ2) is 9.87. The van der Waals surface area contributed by atoms with Gasteiger partial charge in [0.05, 0.1) is 7.11 Å². The zero-order valence-corrected chi connectivity index (χ0v) is 17.8. The van der Waals surface area contributed by atoms with Crippen LogP contribution in [0.4, 0.5) is 16.2 Å². The predicted octanol–water partition coefficient (Wildman–Crippen LogP) is 4.81. The molecule has 3 aromatic rings. The fourth-order valence-electron chi connectivity index (χ4n) is 3.08. The number of hydrogen-bond donors (Lipinski definition) is 3. The molecular formula is C25H25N3O4. The number of methoxy groups -OCH3 is 1. The molecule has 0 unspecified atom stereocenters. The smallest absolute Gasteiger partial charge is 0.319 e. The summed E-state index contributed by atoms with van der Waals surface area (Å²) in [5.41, 5.74) is 2.76. The highest BCUT2D eigenvalue weighted by molar-refractivity contribution is 6.04. The molecular weight excluding hydrogens is 406 g/mol. The molecule has 0 atom stereocenters. The molecule has 0 spiro atoms. The van der Waals surface area contributed by atoms with Crippen LogP contribution in [-0.2, 0) is 6.61 Å². The first-order chi connectivity index (χ1) is 15.6. The van der Waals surface area contributed by atoms with Gasteiger partial charge in [0.15, 0.2) is 11.5 Å². The van der Waals surface area contributed by atoms with E-state index in [2.05, 4.69) is 16.0 Å². The maximum atomic E-state index is 12.7. The molecule has 1 saturated carbocycles. The summed E-state index contributed by atoms with van der Waals surface area (Å²) in [5, 5.41) is 8.49. The van der Waals surface area contributed by atoms with Gasteiger partial charge in [-0.05, 0) is 60.9 Å². The van der Waals surface area contributed by atoms with E-state index in [0.717, 1.165) is 18.4 Å². The van der Waals surface area contributed by atoms with E-state index in [0.29, 0.717) is 41.1 Å². The maximum absolute atomic E-state index is 12.7. The lowest BCUT2D eigenvalue weighted by molar-refractivity contribution is 0.102. The van der Waals surface area contributed by atoms with Gasteiger partial charge < -0.3 is 25.4 Å². The van der Waals surface area contributed by atoms with Crippen LogP contribution in [0.25, 0.3) is 0 Å². The van der Waals surface area contributed by atoms with E-state index in [1.165, 1.54) is 7.11 Å². The molecule has 3 aromatic carbocycles. The van der Waals surface area contributed by atoms with Crippen LogP contribution < -0.4 is 25.4 Å². The molecule has 7 heteroatoms. The second-order valence-electron chi connectivity index (χ2n) is 7.54. The lowest BCUT2D eigenvalue weighted by atomic mass is 10.1. The van der Waals surface area contributed by atoms with Crippen molar-refractivity contribution in [2.24, 2.45) is 0 Å². The molecule has 3 N–H and O–H groups in total. The maximum Gasteiger partial charge on any atom is 0.319 e. The molecule has 7 nitrogen and oxygen atoms in total. The Morgan fingerprint density at radius 2 is 1.56 bits per heavy atom. The Bertz CT molecular complexity index is 1080. The highest BCUT2D eigenvalue weighted by Crippen LogP contribution is 2.29. The number of carbonyl (C=O) groups is 2. The van der Waals surface area contributed by atoms with Gasteiger partial charge >= 0.3 is 6.03 Å². The molecule has 0 aliphatic heterocycles. The quantitative estimate of drug-likeness (QED) is 0.478. The Morgan fingerprint density at radius 3 is 2.22 bits per heavy atom. The first-order valence-corrected chi connectivity index (χ1v) is 10.4. The molecule has 0 radical (unpaired) electrons. The number of anilines is 2. The minimum Gasteiger partial charge on any atom is -0.493 e.